The number of rotatable bonds is 5. The van der Waals surface area contributed by atoms with Gasteiger partial charge < -0.3 is 9.84 Å². The van der Waals surface area contributed by atoms with Crippen LogP contribution in [0.5, 0.6) is 0 Å². The summed E-state index contributed by atoms with van der Waals surface area (Å²) < 4.78 is 6.42. The number of hydrogen-bond donors (Lipinski definition) is 1. The summed E-state index contributed by atoms with van der Waals surface area (Å²) in [5, 5.41) is 7.24. The molecule has 1 aliphatic heterocycles. The summed E-state index contributed by atoms with van der Waals surface area (Å²) >= 11 is 3.46. The van der Waals surface area contributed by atoms with Crippen molar-refractivity contribution in [3.05, 3.63) is 64.0 Å². The molecule has 156 valence electrons. The molecule has 2 heterocycles. The zero-order valence-corrected chi connectivity index (χ0v) is 18.8. The van der Waals surface area contributed by atoms with E-state index < -0.39 is 0 Å². The van der Waals surface area contributed by atoms with Gasteiger partial charge in [0.15, 0.2) is 0 Å². The number of aromatic nitrogens is 2. The van der Waals surface area contributed by atoms with Crippen molar-refractivity contribution in [1.82, 2.24) is 15.0 Å². The van der Waals surface area contributed by atoms with Crippen molar-refractivity contribution in [3.63, 3.8) is 0 Å². The molecule has 0 atom stereocenters. The number of nitrogens with one attached hydrogen (secondary N) is 1. The van der Waals surface area contributed by atoms with E-state index in [4.69, 9.17) is 4.52 Å². The number of anilines is 1. The van der Waals surface area contributed by atoms with Gasteiger partial charge in [0, 0.05) is 21.6 Å². The van der Waals surface area contributed by atoms with Crippen molar-refractivity contribution < 1.29 is 9.32 Å². The number of benzene rings is 2. The molecule has 7 heteroatoms. The highest BCUT2D eigenvalue weighted by molar-refractivity contribution is 9.10. The monoisotopic (exact) mass is 468 g/mol. The van der Waals surface area contributed by atoms with E-state index >= 15 is 0 Å². The van der Waals surface area contributed by atoms with Gasteiger partial charge in [-0.1, -0.05) is 51.4 Å². The maximum Gasteiger partial charge on any atom is 0.241 e. The summed E-state index contributed by atoms with van der Waals surface area (Å²) in [6, 6.07) is 13.9. The maximum atomic E-state index is 12.8. The standard InChI is InChI=1S/C23H25BrN4O2/c1-15-5-3-6-16(2)21(15)26-23(29)17-9-11-28(12-10-17)14-20-25-22(27-30-20)18-7-4-8-19(24)13-18/h3-8,13,17H,9-12,14H2,1-2H3,(H,26,29). The molecule has 6 nitrogen and oxygen atoms in total. The lowest BCUT2D eigenvalue weighted by Gasteiger charge is -2.30. The lowest BCUT2D eigenvalue weighted by Crippen LogP contribution is -2.38. The Morgan fingerprint density at radius 2 is 1.87 bits per heavy atom. The van der Waals surface area contributed by atoms with E-state index in [-0.39, 0.29) is 11.8 Å². The van der Waals surface area contributed by atoms with Crippen molar-refractivity contribution in [2.45, 2.75) is 33.2 Å². The predicted octanol–water partition coefficient (Wildman–Crippen LogP) is 4.97. The smallest absolute Gasteiger partial charge is 0.241 e. The van der Waals surface area contributed by atoms with E-state index in [0.717, 1.165) is 52.8 Å². The van der Waals surface area contributed by atoms with Crippen LogP contribution < -0.4 is 5.32 Å². The van der Waals surface area contributed by atoms with Crippen LogP contribution in [0.3, 0.4) is 0 Å². The molecular formula is C23H25BrN4O2. The van der Waals surface area contributed by atoms with E-state index in [1.54, 1.807) is 0 Å². The highest BCUT2D eigenvalue weighted by Crippen LogP contribution is 2.25. The van der Waals surface area contributed by atoms with Gasteiger partial charge in [0.25, 0.3) is 0 Å². The zero-order valence-electron chi connectivity index (χ0n) is 17.2. The lowest BCUT2D eigenvalue weighted by atomic mass is 9.95. The second-order valence-electron chi connectivity index (χ2n) is 7.83. The van der Waals surface area contributed by atoms with Gasteiger partial charge in [0.05, 0.1) is 6.54 Å². The fourth-order valence-corrected chi connectivity index (χ4v) is 4.24. The van der Waals surface area contributed by atoms with Gasteiger partial charge in [-0.3, -0.25) is 9.69 Å². The minimum absolute atomic E-state index is 0.0279. The molecule has 1 N–H and O–H groups in total. The summed E-state index contributed by atoms with van der Waals surface area (Å²) in [5.74, 6) is 1.33. The molecule has 1 aliphatic rings. The molecule has 4 rings (SSSR count). The molecule has 1 aromatic heterocycles. The molecule has 30 heavy (non-hydrogen) atoms. The Kier molecular flexibility index (Phi) is 6.29. The average molecular weight is 469 g/mol. The number of nitrogens with zero attached hydrogens (tertiary/aromatic N) is 3. The Bertz CT molecular complexity index is 1020. The van der Waals surface area contributed by atoms with Crippen LogP contribution in [0.2, 0.25) is 0 Å². The Hall–Kier alpha value is -2.51. The van der Waals surface area contributed by atoms with Gasteiger partial charge in [0.2, 0.25) is 17.6 Å². The third kappa shape index (κ3) is 4.79. The Morgan fingerprint density at radius 1 is 1.17 bits per heavy atom. The number of piperidine rings is 1. The van der Waals surface area contributed by atoms with Crippen molar-refractivity contribution >= 4 is 27.5 Å². The number of aryl methyl sites for hydroxylation is 2. The minimum atomic E-state index is 0.0279. The first-order valence-corrected chi connectivity index (χ1v) is 11.0. The number of halogens is 1. The molecule has 1 fully saturated rings. The van der Waals surface area contributed by atoms with E-state index in [1.165, 1.54) is 0 Å². The summed E-state index contributed by atoms with van der Waals surface area (Å²) in [4.78, 5) is 19.5. The fourth-order valence-electron chi connectivity index (χ4n) is 3.85. The van der Waals surface area contributed by atoms with Crippen LogP contribution in [0.4, 0.5) is 5.69 Å². The predicted molar refractivity (Wildman–Crippen MR) is 120 cm³/mol. The van der Waals surface area contributed by atoms with E-state index in [9.17, 15) is 4.79 Å². The summed E-state index contributed by atoms with van der Waals surface area (Å²) in [5.41, 5.74) is 4.05. The van der Waals surface area contributed by atoms with E-state index in [1.807, 2.05) is 56.3 Å². The highest BCUT2D eigenvalue weighted by atomic mass is 79.9. The minimum Gasteiger partial charge on any atom is -0.338 e. The van der Waals surface area contributed by atoms with Crippen LogP contribution in [0.15, 0.2) is 51.5 Å². The molecule has 1 saturated heterocycles. The molecule has 0 saturated carbocycles. The molecule has 0 spiro atoms. The first-order chi connectivity index (χ1) is 14.5. The largest absolute Gasteiger partial charge is 0.338 e. The molecule has 0 unspecified atom stereocenters. The van der Waals surface area contributed by atoms with Gasteiger partial charge in [-0.05, 0) is 63.0 Å². The summed E-state index contributed by atoms with van der Waals surface area (Å²) in [6.45, 7) is 6.32. The van der Waals surface area contributed by atoms with Gasteiger partial charge in [0.1, 0.15) is 0 Å². The second kappa shape index (κ2) is 9.10. The van der Waals surface area contributed by atoms with Crippen LogP contribution in [0.25, 0.3) is 11.4 Å². The van der Waals surface area contributed by atoms with Crippen LogP contribution >= 0.6 is 15.9 Å². The summed E-state index contributed by atoms with van der Waals surface area (Å²) in [7, 11) is 0. The number of amides is 1. The van der Waals surface area contributed by atoms with Crippen LogP contribution in [0, 0.1) is 19.8 Å². The van der Waals surface area contributed by atoms with Crippen LogP contribution in [-0.4, -0.2) is 34.0 Å². The van der Waals surface area contributed by atoms with Crippen LogP contribution in [-0.2, 0) is 11.3 Å². The third-order valence-corrected chi connectivity index (χ3v) is 6.09. The van der Waals surface area contributed by atoms with Crippen molar-refractivity contribution in [3.8, 4) is 11.4 Å². The normalized spacial score (nSPS) is 15.3. The topological polar surface area (TPSA) is 71.3 Å². The van der Waals surface area contributed by atoms with Crippen LogP contribution in [0.1, 0.15) is 29.9 Å². The van der Waals surface area contributed by atoms with Gasteiger partial charge in [-0.15, -0.1) is 0 Å². The zero-order chi connectivity index (χ0) is 21.1. The molecule has 0 aliphatic carbocycles. The highest BCUT2D eigenvalue weighted by Gasteiger charge is 2.26. The molecule has 3 aromatic rings. The van der Waals surface area contributed by atoms with E-state index in [0.29, 0.717) is 18.3 Å². The van der Waals surface area contributed by atoms with Crippen molar-refractivity contribution in [1.29, 1.82) is 0 Å². The molecular weight excluding hydrogens is 444 g/mol. The number of carbonyl (C=O) groups excluding carboxylic acids is 1. The number of likely N-dealkylation sites (tertiary alicyclic amines) is 1. The van der Waals surface area contributed by atoms with E-state index in [2.05, 4.69) is 36.3 Å². The molecule has 1 amide bonds. The van der Waals surface area contributed by atoms with Crippen molar-refractivity contribution in [2.24, 2.45) is 5.92 Å². The van der Waals surface area contributed by atoms with Gasteiger partial charge >= 0.3 is 0 Å². The number of para-hydroxylation sites is 1. The first-order valence-electron chi connectivity index (χ1n) is 10.2. The molecule has 2 aromatic carbocycles. The lowest BCUT2D eigenvalue weighted by molar-refractivity contribution is -0.121. The molecule has 0 radical (unpaired) electrons. The first kappa shape index (κ1) is 20.8. The maximum absolute atomic E-state index is 12.8. The fraction of sp³-hybridized carbons (Fsp3) is 0.348. The average Bonchev–Trinajstić information content (AvgIpc) is 3.20. The summed E-state index contributed by atoms with van der Waals surface area (Å²) in [6.07, 6.45) is 1.65. The van der Waals surface area contributed by atoms with Gasteiger partial charge in [-0.2, -0.15) is 4.98 Å². The van der Waals surface area contributed by atoms with Gasteiger partial charge in [-0.25, -0.2) is 0 Å². The number of hydrogen-bond acceptors (Lipinski definition) is 5. The Labute approximate surface area is 184 Å². The number of carbonyl (C=O) groups is 1. The SMILES string of the molecule is Cc1cccc(C)c1NC(=O)C1CCN(Cc2nc(-c3cccc(Br)c3)no2)CC1. The Balaban J connectivity index is 1.31. The third-order valence-electron chi connectivity index (χ3n) is 5.60. The molecule has 0 bridgehead atoms. The quantitative estimate of drug-likeness (QED) is 0.572. The van der Waals surface area contributed by atoms with Crippen molar-refractivity contribution in [2.75, 3.05) is 18.4 Å². The second-order valence-corrected chi connectivity index (χ2v) is 8.74. The Morgan fingerprint density at radius 3 is 2.57 bits per heavy atom.